The Balaban J connectivity index is 1.68. The number of aryl methyl sites for hydroxylation is 1. The van der Waals surface area contributed by atoms with Crippen LogP contribution in [0.15, 0.2) is 87.7 Å². The van der Waals surface area contributed by atoms with Gasteiger partial charge in [0.2, 0.25) is 10.0 Å². The molecule has 0 saturated heterocycles. The van der Waals surface area contributed by atoms with E-state index in [1.807, 2.05) is 6.92 Å². The summed E-state index contributed by atoms with van der Waals surface area (Å²) in [5, 5.41) is 14.6. The Labute approximate surface area is 226 Å². The molecule has 0 bridgehead atoms. The molecule has 3 rings (SSSR count). The number of nitro benzene ring substituents is 1. The van der Waals surface area contributed by atoms with Crippen LogP contribution in [0.4, 0.5) is 5.69 Å². The van der Waals surface area contributed by atoms with Crippen LogP contribution >= 0.6 is 0 Å². The van der Waals surface area contributed by atoms with Crippen LogP contribution in [0.25, 0.3) is 0 Å². The van der Waals surface area contributed by atoms with Gasteiger partial charge in [-0.1, -0.05) is 43.7 Å². The van der Waals surface area contributed by atoms with E-state index in [0.29, 0.717) is 5.56 Å². The smallest absolute Gasteiger partial charge is 0.339 e. The van der Waals surface area contributed by atoms with Crippen LogP contribution in [-0.4, -0.2) is 39.9 Å². The minimum atomic E-state index is -4.27. The molecule has 1 atom stereocenters. The third-order valence-corrected chi connectivity index (χ3v) is 8.07. The first-order valence-electron chi connectivity index (χ1n) is 11.5. The standard InChI is InChI=1S/C25H26N4O8S2/c1-17(2)24(28-38(33,34)22-11-7-18(3)8-12-22)25(30)27-26-16-19-5-4-6-21(15-19)37-39(35,36)23-13-9-20(10-14-23)29(31)32/h4-17,24,28H,1-3H3,(H,27,30)/b26-16-/t24-/m1/s1. The monoisotopic (exact) mass is 574 g/mol. The van der Waals surface area contributed by atoms with Crippen molar-refractivity contribution in [3.63, 3.8) is 0 Å². The average molecular weight is 575 g/mol. The van der Waals surface area contributed by atoms with Gasteiger partial charge >= 0.3 is 10.1 Å². The van der Waals surface area contributed by atoms with Crippen LogP contribution in [0.2, 0.25) is 0 Å². The lowest BCUT2D eigenvalue weighted by molar-refractivity contribution is -0.384. The van der Waals surface area contributed by atoms with Gasteiger partial charge in [0.15, 0.2) is 0 Å². The third kappa shape index (κ3) is 7.92. The van der Waals surface area contributed by atoms with Crippen LogP contribution in [0.1, 0.15) is 25.0 Å². The fourth-order valence-electron chi connectivity index (χ4n) is 3.24. The summed E-state index contributed by atoms with van der Waals surface area (Å²) in [6, 6.07) is 15.1. The fraction of sp³-hybridized carbons (Fsp3) is 0.200. The second-order valence-electron chi connectivity index (χ2n) is 8.75. The number of amides is 1. The van der Waals surface area contributed by atoms with Crippen molar-refractivity contribution in [1.29, 1.82) is 0 Å². The summed E-state index contributed by atoms with van der Waals surface area (Å²) in [7, 11) is -8.24. The van der Waals surface area contributed by atoms with Gasteiger partial charge in [-0.15, -0.1) is 0 Å². The SMILES string of the molecule is Cc1ccc(S(=O)(=O)N[C@@H](C(=O)N/N=C\c2cccc(OS(=O)(=O)c3ccc([N+](=O)[O-])cc3)c2)C(C)C)cc1. The van der Waals surface area contributed by atoms with Crippen LogP contribution in [-0.2, 0) is 24.9 Å². The second-order valence-corrected chi connectivity index (χ2v) is 12.0. The summed E-state index contributed by atoms with van der Waals surface area (Å²) in [6.07, 6.45) is 1.23. The Morgan fingerprint density at radius 3 is 2.18 bits per heavy atom. The van der Waals surface area contributed by atoms with E-state index >= 15 is 0 Å². The first-order chi connectivity index (χ1) is 18.3. The molecule has 3 aromatic rings. The molecule has 0 aromatic heterocycles. The van der Waals surface area contributed by atoms with Crippen molar-refractivity contribution in [1.82, 2.24) is 10.1 Å². The van der Waals surface area contributed by atoms with Gasteiger partial charge in [-0.3, -0.25) is 14.9 Å². The van der Waals surface area contributed by atoms with Gasteiger partial charge in [0.1, 0.15) is 16.7 Å². The lowest BCUT2D eigenvalue weighted by atomic mass is 10.1. The first kappa shape index (κ1) is 29.4. The molecule has 0 radical (unpaired) electrons. The molecule has 0 aliphatic heterocycles. The predicted molar refractivity (Wildman–Crippen MR) is 143 cm³/mol. The molecule has 39 heavy (non-hydrogen) atoms. The highest BCUT2D eigenvalue weighted by Gasteiger charge is 2.28. The topological polar surface area (TPSA) is 174 Å². The van der Waals surface area contributed by atoms with Gasteiger partial charge in [-0.2, -0.15) is 18.2 Å². The van der Waals surface area contributed by atoms with Gasteiger partial charge in [-0.25, -0.2) is 13.8 Å². The molecule has 0 saturated carbocycles. The molecule has 1 amide bonds. The minimum Gasteiger partial charge on any atom is -0.379 e. The van der Waals surface area contributed by atoms with Crippen LogP contribution in [0, 0.1) is 23.0 Å². The summed E-state index contributed by atoms with van der Waals surface area (Å²) >= 11 is 0. The fourth-order valence-corrected chi connectivity index (χ4v) is 5.51. The highest BCUT2D eigenvalue weighted by atomic mass is 32.2. The zero-order valence-corrected chi connectivity index (χ0v) is 22.8. The number of benzene rings is 3. The highest BCUT2D eigenvalue weighted by molar-refractivity contribution is 7.89. The Morgan fingerprint density at radius 1 is 0.974 bits per heavy atom. The molecule has 206 valence electrons. The van der Waals surface area contributed by atoms with Crippen molar-refractivity contribution in [2.75, 3.05) is 0 Å². The number of non-ortho nitro benzene ring substituents is 1. The molecule has 2 N–H and O–H groups in total. The molecule has 0 unspecified atom stereocenters. The number of hydrogen-bond donors (Lipinski definition) is 2. The van der Waals surface area contributed by atoms with Gasteiger partial charge in [0.25, 0.3) is 11.6 Å². The second kappa shape index (κ2) is 12.1. The molecule has 0 aliphatic carbocycles. The Bertz CT molecular complexity index is 1590. The molecule has 0 fully saturated rings. The summed E-state index contributed by atoms with van der Waals surface area (Å²) in [6.45, 7) is 5.18. The first-order valence-corrected chi connectivity index (χ1v) is 14.4. The van der Waals surface area contributed by atoms with E-state index in [0.717, 1.165) is 29.8 Å². The van der Waals surface area contributed by atoms with Crippen LogP contribution in [0.5, 0.6) is 5.75 Å². The lowest BCUT2D eigenvalue weighted by Crippen LogP contribution is -2.48. The maximum atomic E-state index is 12.7. The van der Waals surface area contributed by atoms with E-state index in [1.54, 1.807) is 32.0 Å². The van der Waals surface area contributed by atoms with Crippen LogP contribution < -0.4 is 14.3 Å². The molecule has 12 nitrogen and oxygen atoms in total. The summed E-state index contributed by atoms with van der Waals surface area (Å²) in [4.78, 5) is 22.6. The van der Waals surface area contributed by atoms with Gasteiger partial charge in [0, 0.05) is 12.1 Å². The predicted octanol–water partition coefficient (Wildman–Crippen LogP) is 3.12. The van der Waals surface area contributed by atoms with Gasteiger partial charge in [-0.05, 0) is 54.8 Å². The van der Waals surface area contributed by atoms with E-state index in [2.05, 4.69) is 15.2 Å². The largest absolute Gasteiger partial charge is 0.379 e. The molecule has 3 aromatic carbocycles. The summed E-state index contributed by atoms with van der Waals surface area (Å²) in [5.41, 5.74) is 3.28. The lowest BCUT2D eigenvalue weighted by Gasteiger charge is -2.20. The molecular formula is C25H26N4O8S2. The third-order valence-electron chi connectivity index (χ3n) is 5.35. The van der Waals surface area contributed by atoms with Crippen molar-refractivity contribution < 1.29 is 30.7 Å². The van der Waals surface area contributed by atoms with Crippen molar-refractivity contribution in [2.24, 2.45) is 11.0 Å². The van der Waals surface area contributed by atoms with Crippen LogP contribution in [0.3, 0.4) is 0 Å². The molecule has 0 heterocycles. The number of sulfonamides is 1. The normalized spacial score (nSPS) is 12.8. The highest BCUT2D eigenvalue weighted by Crippen LogP contribution is 2.21. The van der Waals surface area contributed by atoms with E-state index in [1.165, 1.54) is 36.5 Å². The van der Waals surface area contributed by atoms with Crippen molar-refractivity contribution in [3.8, 4) is 5.75 Å². The van der Waals surface area contributed by atoms with Gasteiger partial charge < -0.3 is 4.18 Å². The van der Waals surface area contributed by atoms with Crippen molar-refractivity contribution >= 4 is 38.0 Å². The van der Waals surface area contributed by atoms with E-state index in [9.17, 15) is 31.7 Å². The quantitative estimate of drug-likeness (QED) is 0.152. The molecule has 14 heteroatoms. The van der Waals surface area contributed by atoms with Crippen molar-refractivity contribution in [2.45, 2.75) is 36.6 Å². The molecule has 0 aliphatic rings. The number of hydrogen-bond acceptors (Lipinski definition) is 9. The number of nitrogens with zero attached hydrogens (tertiary/aromatic N) is 2. The molecular weight excluding hydrogens is 548 g/mol. The summed E-state index contributed by atoms with van der Waals surface area (Å²) in [5.74, 6) is -1.15. The Kier molecular flexibility index (Phi) is 9.16. The summed E-state index contributed by atoms with van der Waals surface area (Å²) < 4.78 is 58.0. The number of nitrogens with one attached hydrogen (secondary N) is 2. The van der Waals surface area contributed by atoms with E-state index in [4.69, 9.17) is 4.18 Å². The Hall–Kier alpha value is -4.14. The zero-order valence-electron chi connectivity index (χ0n) is 21.1. The number of carbonyl (C=O) groups excluding carboxylic acids is 1. The van der Waals surface area contributed by atoms with Gasteiger partial charge in [0.05, 0.1) is 16.0 Å². The van der Waals surface area contributed by atoms with E-state index in [-0.39, 0.29) is 21.2 Å². The number of hydrazone groups is 1. The maximum absolute atomic E-state index is 12.7. The Morgan fingerprint density at radius 2 is 1.59 bits per heavy atom. The average Bonchev–Trinajstić information content (AvgIpc) is 2.87. The minimum absolute atomic E-state index is 0.0237. The maximum Gasteiger partial charge on any atom is 0.339 e. The number of nitro groups is 1. The van der Waals surface area contributed by atoms with E-state index < -0.39 is 42.9 Å². The van der Waals surface area contributed by atoms with Crippen molar-refractivity contribution in [3.05, 3.63) is 94.0 Å². The zero-order chi connectivity index (χ0) is 28.8. The number of rotatable bonds is 11. The number of carbonyl (C=O) groups is 1. The molecule has 0 spiro atoms.